The quantitative estimate of drug-likeness (QED) is 0.518. The molecule has 0 unspecified atom stereocenters. The first-order chi connectivity index (χ1) is 10.4. The van der Waals surface area contributed by atoms with E-state index in [9.17, 15) is 0 Å². The maximum absolute atomic E-state index is 5.68. The van der Waals surface area contributed by atoms with E-state index in [1.54, 1.807) is 5.57 Å². The minimum Gasteiger partial charge on any atom is -0.494 e. The number of rotatable bonds is 9. The Hall–Kier alpha value is -1.28. The number of benzene rings is 1. The van der Waals surface area contributed by atoms with Crippen LogP contribution in [-0.2, 0) is 6.54 Å². The van der Waals surface area contributed by atoms with Crippen LogP contribution < -0.4 is 10.1 Å². The van der Waals surface area contributed by atoms with Crippen molar-refractivity contribution < 1.29 is 4.74 Å². The zero-order valence-corrected chi connectivity index (χ0v) is 13.4. The Morgan fingerprint density at radius 3 is 2.71 bits per heavy atom. The molecule has 0 atom stereocenters. The summed E-state index contributed by atoms with van der Waals surface area (Å²) in [4.78, 5) is 0. The molecule has 0 radical (unpaired) electrons. The number of ether oxygens (including phenoxy) is 1. The number of allylic oxidation sites excluding steroid dienone is 1. The highest BCUT2D eigenvalue weighted by Gasteiger charge is 2.03. The highest BCUT2D eigenvalue weighted by Crippen LogP contribution is 2.19. The molecule has 1 aliphatic carbocycles. The Balaban J connectivity index is 1.62. The predicted molar refractivity (Wildman–Crippen MR) is 89.7 cm³/mol. The third kappa shape index (κ3) is 6.34. The molecule has 0 amide bonds. The molecule has 1 aromatic rings. The molecule has 0 saturated heterocycles. The molecule has 0 saturated carbocycles. The van der Waals surface area contributed by atoms with Crippen molar-refractivity contribution in [3.05, 3.63) is 41.5 Å². The first kappa shape index (κ1) is 16.1. The molecule has 116 valence electrons. The Kier molecular flexibility index (Phi) is 7.37. The summed E-state index contributed by atoms with van der Waals surface area (Å²) < 4.78 is 5.68. The highest BCUT2D eigenvalue weighted by molar-refractivity contribution is 5.27. The lowest BCUT2D eigenvalue weighted by molar-refractivity contribution is 0.309. The van der Waals surface area contributed by atoms with E-state index in [2.05, 4.69) is 42.6 Å². The third-order valence-corrected chi connectivity index (χ3v) is 4.03. The second kappa shape index (κ2) is 9.62. The van der Waals surface area contributed by atoms with Crippen molar-refractivity contribution in [1.82, 2.24) is 5.32 Å². The first-order valence-electron chi connectivity index (χ1n) is 8.49. The molecule has 21 heavy (non-hydrogen) atoms. The lowest BCUT2D eigenvalue weighted by atomic mass is 9.97. The van der Waals surface area contributed by atoms with Crippen molar-refractivity contribution in [3.8, 4) is 5.75 Å². The molecule has 2 heteroatoms. The van der Waals surface area contributed by atoms with Gasteiger partial charge in [-0.3, -0.25) is 0 Å². The normalized spacial score (nSPS) is 14.8. The molecular formula is C19H29NO. The summed E-state index contributed by atoms with van der Waals surface area (Å²) in [5.41, 5.74) is 2.98. The summed E-state index contributed by atoms with van der Waals surface area (Å²) in [6.07, 6.45) is 11.3. The molecule has 0 heterocycles. The molecule has 1 aliphatic rings. The van der Waals surface area contributed by atoms with Gasteiger partial charge in [-0.15, -0.1) is 0 Å². The van der Waals surface area contributed by atoms with Crippen LogP contribution in [0.25, 0.3) is 0 Å². The summed E-state index contributed by atoms with van der Waals surface area (Å²) >= 11 is 0. The molecule has 0 spiro atoms. The van der Waals surface area contributed by atoms with Gasteiger partial charge in [0, 0.05) is 6.54 Å². The van der Waals surface area contributed by atoms with E-state index < -0.39 is 0 Å². The summed E-state index contributed by atoms with van der Waals surface area (Å²) in [6.45, 7) is 5.04. The number of unbranched alkanes of at least 4 members (excludes halogenated alkanes) is 1. The lowest BCUT2D eigenvalue weighted by Crippen LogP contribution is -2.15. The molecule has 1 N–H and O–H groups in total. The van der Waals surface area contributed by atoms with Crippen molar-refractivity contribution in [2.24, 2.45) is 0 Å². The van der Waals surface area contributed by atoms with E-state index in [1.165, 1.54) is 44.1 Å². The molecule has 1 aromatic carbocycles. The fourth-order valence-corrected chi connectivity index (χ4v) is 2.65. The zero-order chi connectivity index (χ0) is 14.8. The third-order valence-electron chi connectivity index (χ3n) is 4.03. The summed E-state index contributed by atoms with van der Waals surface area (Å²) in [5, 5.41) is 3.54. The monoisotopic (exact) mass is 287 g/mol. The van der Waals surface area contributed by atoms with Crippen LogP contribution in [0.1, 0.15) is 57.4 Å². The Labute approximate surface area is 129 Å². The van der Waals surface area contributed by atoms with Gasteiger partial charge in [-0.1, -0.05) is 37.1 Å². The Morgan fingerprint density at radius 2 is 2.00 bits per heavy atom. The largest absolute Gasteiger partial charge is 0.494 e. The SMILES string of the molecule is CCCCOc1ccc(CNCCC2=CCCCC2)cc1. The smallest absolute Gasteiger partial charge is 0.119 e. The van der Waals surface area contributed by atoms with Gasteiger partial charge in [0.15, 0.2) is 0 Å². The van der Waals surface area contributed by atoms with Gasteiger partial charge in [0.05, 0.1) is 6.61 Å². The van der Waals surface area contributed by atoms with Crippen LogP contribution in [0.5, 0.6) is 5.75 Å². The van der Waals surface area contributed by atoms with E-state index in [0.29, 0.717) is 0 Å². The Bertz CT molecular complexity index is 422. The van der Waals surface area contributed by atoms with Gasteiger partial charge in [0.1, 0.15) is 5.75 Å². The molecule has 2 nitrogen and oxygen atoms in total. The maximum atomic E-state index is 5.68. The molecule has 0 aliphatic heterocycles. The van der Waals surface area contributed by atoms with Crippen molar-refractivity contribution >= 4 is 0 Å². The minimum absolute atomic E-state index is 0.823. The van der Waals surface area contributed by atoms with E-state index >= 15 is 0 Å². The van der Waals surface area contributed by atoms with Crippen molar-refractivity contribution in [1.29, 1.82) is 0 Å². The van der Waals surface area contributed by atoms with E-state index in [1.807, 2.05) is 0 Å². The van der Waals surface area contributed by atoms with E-state index in [-0.39, 0.29) is 0 Å². The van der Waals surface area contributed by atoms with E-state index in [0.717, 1.165) is 31.9 Å². The highest BCUT2D eigenvalue weighted by atomic mass is 16.5. The van der Waals surface area contributed by atoms with Gasteiger partial charge < -0.3 is 10.1 Å². The molecule has 0 aromatic heterocycles. The predicted octanol–water partition coefficient (Wildman–Crippen LogP) is 4.85. The van der Waals surface area contributed by atoms with Crippen molar-refractivity contribution in [2.45, 2.75) is 58.4 Å². The van der Waals surface area contributed by atoms with Gasteiger partial charge in [0.25, 0.3) is 0 Å². The topological polar surface area (TPSA) is 21.3 Å². The van der Waals surface area contributed by atoms with E-state index in [4.69, 9.17) is 4.74 Å². The standard InChI is InChI=1S/C19H29NO/c1-2-3-15-21-19-11-9-18(10-12-19)16-20-14-13-17-7-5-4-6-8-17/h7,9-12,20H,2-6,8,13-16H2,1H3. The van der Waals surface area contributed by atoms with Crippen LogP contribution in [0, 0.1) is 0 Å². The van der Waals surface area contributed by atoms with Gasteiger partial charge >= 0.3 is 0 Å². The number of hydrogen-bond acceptors (Lipinski definition) is 2. The van der Waals surface area contributed by atoms with Crippen molar-refractivity contribution in [3.63, 3.8) is 0 Å². The maximum Gasteiger partial charge on any atom is 0.119 e. The Morgan fingerprint density at radius 1 is 1.14 bits per heavy atom. The van der Waals surface area contributed by atoms with Crippen LogP contribution in [0.2, 0.25) is 0 Å². The van der Waals surface area contributed by atoms with Crippen LogP contribution in [0.3, 0.4) is 0 Å². The average Bonchev–Trinajstić information content (AvgIpc) is 2.54. The summed E-state index contributed by atoms with van der Waals surface area (Å²) in [6, 6.07) is 8.48. The fourth-order valence-electron chi connectivity index (χ4n) is 2.65. The lowest BCUT2D eigenvalue weighted by Gasteiger charge is -2.13. The van der Waals surface area contributed by atoms with Gasteiger partial charge in [-0.2, -0.15) is 0 Å². The van der Waals surface area contributed by atoms with Gasteiger partial charge in [-0.05, 0) is 62.8 Å². The zero-order valence-electron chi connectivity index (χ0n) is 13.4. The number of hydrogen-bond donors (Lipinski definition) is 1. The summed E-state index contributed by atoms with van der Waals surface area (Å²) in [5.74, 6) is 0.986. The van der Waals surface area contributed by atoms with Crippen molar-refractivity contribution in [2.75, 3.05) is 13.2 Å². The van der Waals surface area contributed by atoms with Crippen LogP contribution in [-0.4, -0.2) is 13.2 Å². The molecule has 0 fully saturated rings. The van der Waals surface area contributed by atoms with Gasteiger partial charge in [-0.25, -0.2) is 0 Å². The van der Waals surface area contributed by atoms with Crippen LogP contribution in [0.15, 0.2) is 35.9 Å². The van der Waals surface area contributed by atoms with Gasteiger partial charge in [0.2, 0.25) is 0 Å². The summed E-state index contributed by atoms with van der Waals surface area (Å²) in [7, 11) is 0. The number of nitrogens with one attached hydrogen (secondary N) is 1. The fraction of sp³-hybridized carbons (Fsp3) is 0.579. The second-order valence-corrected chi connectivity index (χ2v) is 5.88. The molecule has 2 rings (SSSR count). The molecule has 0 bridgehead atoms. The van der Waals surface area contributed by atoms with Crippen LogP contribution >= 0.6 is 0 Å². The average molecular weight is 287 g/mol. The minimum atomic E-state index is 0.823. The molecular weight excluding hydrogens is 258 g/mol. The second-order valence-electron chi connectivity index (χ2n) is 5.88. The first-order valence-corrected chi connectivity index (χ1v) is 8.49. The van der Waals surface area contributed by atoms with Crippen LogP contribution in [0.4, 0.5) is 0 Å².